The molecule has 2 amide bonds. The number of nitrogens with two attached hydrogens (primary N) is 2. The molecule has 0 unspecified atom stereocenters. The Kier molecular flexibility index (Phi) is 3.00. The van der Waals surface area contributed by atoms with Crippen LogP contribution in [0, 0.1) is 0 Å². The molecule has 0 radical (unpaired) electrons. The van der Waals surface area contributed by atoms with Gasteiger partial charge in [-0.15, -0.1) is 0 Å². The van der Waals surface area contributed by atoms with Gasteiger partial charge in [0.05, 0.1) is 0 Å². The third-order valence-corrected chi connectivity index (χ3v) is 1.17. The molecule has 0 saturated heterocycles. The average Bonchev–Trinajstić information content (AvgIpc) is 1.84. The molecular weight excluding hydrogens is 148 g/mol. The number of ether oxygens (including phenoxy) is 1. The zero-order chi connectivity index (χ0) is 9.07. The normalized spacial score (nSPS) is 11.1. The lowest BCUT2D eigenvalue weighted by Crippen LogP contribution is -2.42. The van der Waals surface area contributed by atoms with E-state index < -0.39 is 17.4 Å². The molecule has 11 heavy (non-hydrogen) atoms. The second-order valence-electron chi connectivity index (χ2n) is 2.63. The first-order valence-electron chi connectivity index (χ1n) is 3.08. The summed E-state index contributed by atoms with van der Waals surface area (Å²) in [5.41, 5.74) is 8.59. The fourth-order valence-electron chi connectivity index (χ4n) is 0.323. The van der Waals surface area contributed by atoms with Crippen LogP contribution in [0.25, 0.3) is 0 Å². The Morgan fingerprint density at radius 3 is 2.09 bits per heavy atom. The first-order chi connectivity index (χ1) is 4.86. The van der Waals surface area contributed by atoms with Gasteiger partial charge >= 0.3 is 0 Å². The van der Waals surface area contributed by atoms with Crippen molar-refractivity contribution in [3.63, 3.8) is 0 Å². The SMILES string of the molecule is CC(C)(OCC(N)=O)C(N)=O. The molecule has 0 aliphatic heterocycles. The van der Waals surface area contributed by atoms with Gasteiger partial charge in [0.2, 0.25) is 11.8 Å². The summed E-state index contributed by atoms with van der Waals surface area (Å²) >= 11 is 0. The van der Waals surface area contributed by atoms with Gasteiger partial charge in [-0.2, -0.15) is 0 Å². The smallest absolute Gasteiger partial charge is 0.249 e. The average molecular weight is 160 g/mol. The second kappa shape index (κ2) is 3.34. The van der Waals surface area contributed by atoms with Crippen LogP contribution in [-0.2, 0) is 14.3 Å². The standard InChI is InChI=1S/C6H12N2O3/c1-6(2,5(8)10)11-3-4(7)9/h3H2,1-2H3,(H2,7,9)(H2,8,10). The summed E-state index contributed by atoms with van der Waals surface area (Å²) < 4.78 is 4.80. The van der Waals surface area contributed by atoms with Gasteiger partial charge in [-0.3, -0.25) is 9.59 Å². The zero-order valence-electron chi connectivity index (χ0n) is 6.59. The predicted molar refractivity (Wildman–Crippen MR) is 38.4 cm³/mol. The summed E-state index contributed by atoms with van der Waals surface area (Å²) in [5, 5.41) is 0. The summed E-state index contributed by atoms with van der Waals surface area (Å²) in [4.78, 5) is 20.8. The Hall–Kier alpha value is -1.10. The molecule has 0 bridgehead atoms. The first kappa shape index (κ1) is 9.90. The topological polar surface area (TPSA) is 95.4 Å². The van der Waals surface area contributed by atoms with Crippen molar-refractivity contribution in [3.8, 4) is 0 Å². The number of amides is 2. The number of rotatable bonds is 4. The van der Waals surface area contributed by atoms with Crippen molar-refractivity contribution in [1.82, 2.24) is 0 Å². The molecule has 5 heteroatoms. The van der Waals surface area contributed by atoms with E-state index in [2.05, 4.69) is 0 Å². The van der Waals surface area contributed by atoms with Crippen molar-refractivity contribution in [1.29, 1.82) is 0 Å². The van der Waals surface area contributed by atoms with Crippen molar-refractivity contribution >= 4 is 11.8 Å². The van der Waals surface area contributed by atoms with Gasteiger partial charge in [-0.25, -0.2) is 0 Å². The van der Waals surface area contributed by atoms with Gasteiger partial charge in [-0.1, -0.05) is 0 Å². The minimum Gasteiger partial charge on any atom is -0.368 e. The number of carbonyl (C=O) groups is 2. The molecule has 0 fully saturated rings. The molecule has 0 aliphatic rings. The van der Waals surface area contributed by atoms with E-state index >= 15 is 0 Å². The van der Waals surface area contributed by atoms with Gasteiger partial charge in [0.15, 0.2) is 0 Å². The molecule has 5 nitrogen and oxygen atoms in total. The Bertz CT molecular complexity index is 177. The summed E-state index contributed by atoms with van der Waals surface area (Å²) in [6, 6.07) is 0. The monoisotopic (exact) mass is 160 g/mol. The van der Waals surface area contributed by atoms with Crippen LogP contribution in [-0.4, -0.2) is 24.0 Å². The maximum absolute atomic E-state index is 10.6. The van der Waals surface area contributed by atoms with Crippen molar-refractivity contribution in [2.75, 3.05) is 6.61 Å². The Balaban J connectivity index is 3.92. The minimum absolute atomic E-state index is 0.296. The molecule has 0 aromatic heterocycles. The Morgan fingerprint density at radius 2 is 1.82 bits per heavy atom. The molecule has 0 aromatic rings. The highest BCUT2D eigenvalue weighted by Crippen LogP contribution is 2.06. The van der Waals surface area contributed by atoms with Crippen LogP contribution in [0.3, 0.4) is 0 Å². The molecule has 0 rings (SSSR count). The molecule has 0 heterocycles. The molecule has 0 aromatic carbocycles. The van der Waals surface area contributed by atoms with Crippen LogP contribution in [0.1, 0.15) is 13.8 Å². The van der Waals surface area contributed by atoms with Gasteiger partial charge in [-0.05, 0) is 13.8 Å². The maximum Gasteiger partial charge on any atom is 0.249 e. The lowest BCUT2D eigenvalue weighted by Gasteiger charge is -2.19. The van der Waals surface area contributed by atoms with Crippen molar-refractivity contribution in [2.24, 2.45) is 11.5 Å². The fourth-order valence-corrected chi connectivity index (χ4v) is 0.323. The van der Waals surface area contributed by atoms with Gasteiger partial charge in [0.1, 0.15) is 12.2 Å². The zero-order valence-corrected chi connectivity index (χ0v) is 6.59. The molecule has 4 N–H and O–H groups in total. The van der Waals surface area contributed by atoms with Crippen LogP contribution in [0.5, 0.6) is 0 Å². The second-order valence-corrected chi connectivity index (χ2v) is 2.63. The van der Waals surface area contributed by atoms with Gasteiger partial charge in [0.25, 0.3) is 0 Å². The number of carbonyl (C=O) groups excluding carboxylic acids is 2. The third kappa shape index (κ3) is 3.57. The van der Waals surface area contributed by atoms with E-state index in [0.717, 1.165) is 0 Å². The summed E-state index contributed by atoms with van der Waals surface area (Å²) in [7, 11) is 0. The van der Waals surface area contributed by atoms with Crippen LogP contribution in [0.4, 0.5) is 0 Å². The fraction of sp³-hybridized carbons (Fsp3) is 0.667. The Labute approximate surface area is 64.7 Å². The summed E-state index contributed by atoms with van der Waals surface area (Å²) in [6.07, 6.45) is 0. The van der Waals surface area contributed by atoms with Gasteiger partial charge < -0.3 is 16.2 Å². The largest absolute Gasteiger partial charge is 0.368 e. The van der Waals surface area contributed by atoms with E-state index in [4.69, 9.17) is 16.2 Å². The lowest BCUT2D eigenvalue weighted by atomic mass is 10.1. The van der Waals surface area contributed by atoms with Crippen LogP contribution >= 0.6 is 0 Å². The first-order valence-corrected chi connectivity index (χ1v) is 3.08. The van der Waals surface area contributed by atoms with E-state index in [1.165, 1.54) is 13.8 Å². The van der Waals surface area contributed by atoms with E-state index in [-0.39, 0.29) is 6.61 Å². The highest BCUT2D eigenvalue weighted by molar-refractivity contribution is 5.83. The Morgan fingerprint density at radius 1 is 1.36 bits per heavy atom. The summed E-state index contributed by atoms with van der Waals surface area (Å²) in [6.45, 7) is 2.65. The number of hydrogen-bond acceptors (Lipinski definition) is 3. The number of hydrogen-bond donors (Lipinski definition) is 2. The molecule has 0 aliphatic carbocycles. The van der Waals surface area contributed by atoms with E-state index in [0.29, 0.717) is 0 Å². The lowest BCUT2D eigenvalue weighted by molar-refractivity contribution is -0.143. The predicted octanol–water partition coefficient (Wildman–Crippen LogP) is -1.25. The quantitative estimate of drug-likeness (QED) is 0.538. The molecular formula is C6H12N2O3. The van der Waals surface area contributed by atoms with Crippen molar-refractivity contribution in [3.05, 3.63) is 0 Å². The number of primary amides is 2. The maximum atomic E-state index is 10.6. The highest BCUT2D eigenvalue weighted by atomic mass is 16.5. The highest BCUT2D eigenvalue weighted by Gasteiger charge is 2.25. The van der Waals surface area contributed by atoms with Crippen LogP contribution < -0.4 is 11.5 Å². The summed E-state index contributed by atoms with van der Waals surface area (Å²) in [5.74, 6) is -1.25. The van der Waals surface area contributed by atoms with Gasteiger partial charge in [0, 0.05) is 0 Å². The molecule has 0 saturated carbocycles. The van der Waals surface area contributed by atoms with E-state index in [1.807, 2.05) is 0 Å². The van der Waals surface area contributed by atoms with Crippen LogP contribution in [0.15, 0.2) is 0 Å². The molecule has 0 spiro atoms. The van der Waals surface area contributed by atoms with E-state index in [9.17, 15) is 9.59 Å². The molecule has 0 atom stereocenters. The molecule has 64 valence electrons. The van der Waals surface area contributed by atoms with Crippen LogP contribution in [0.2, 0.25) is 0 Å². The van der Waals surface area contributed by atoms with E-state index in [1.54, 1.807) is 0 Å². The van der Waals surface area contributed by atoms with Crippen molar-refractivity contribution in [2.45, 2.75) is 19.4 Å². The minimum atomic E-state index is -1.13. The third-order valence-electron chi connectivity index (χ3n) is 1.17. The van der Waals surface area contributed by atoms with Crippen molar-refractivity contribution < 1.29 is 14.3 Å².